The second kappa shape index (κ2) is 16.1. The maximum Gasteiger partial charge on any atom is 0.300 e. The number of nitrogens with zero attached hydrogens (tertiary/aromatic N) is 2. The first-order chi connectivity index (χ1) is 15.3. The highest BCUT2D eigenvalue weighted by Crippen LogP contribution is 2.10. The van der Waals surface area contributed by atoms with Gasteiger partial charge in [0.25, 0.3) is 5.97 Å². The molecule has 180 valence electrons. The van der Waals surface area contributed by atoms with Crippen molar-refractivity contribution in [3.63, 3.8) is 0 Å². The lowest BCUT2D eigenvalue weighted by atomic mass is 10.1. The van der Waals surface area contributed by atoms with Crippen molar-refractivity contribution in [2.45, 2.75) is 97.7 Å². The largest absolute Gasteiger partial charge is 0.481 e. The molecule has 1 saturated heterocycles. The number of unbranched alkanes of at least 4 members (excludes halogenated alkanes) is 8. The van der Waals surface area contributed by atoms with E-state index in [1.165, 1.54) is 56.9 Å². The number of carboxylic acids is 1. The first-order valence-corrected chi connectivity index (χ1v) is 12.0. The van der Waals surface area contributed by atoms with Gasteiger partial charge < -0.3 is 15.7 Å². The topological polar surface area (TPSA) is 98.1 Å². The number of aliphatic imine (C=N–C) groups is 2. The van der Waals surface area contributed by atoms with E-state index in [-0.39, 0.29) is 5.66 Å². The Labute approximate surface area is 194 Å². The highest BCUT2D eigenvalue weighted by molar-refractivity contribution is 6.01. The summed E-state index contributed by atoms with van der Waals surface area (Å²) in [6.07, 6.45) is 12.0. The molecule has 0 unspecified atom stereocenters. The van der Waals surface area contributed by atoms with Crippen molar-refractivity contribution in [1.82, 2.24) is 16.0 Å². The minimum absolute atomic E-state index is 0.266. The zero-order valence-electron chi connectivity index (χ0n) is 20.4. The molecule has 1 aliphatic rings. The fraction of sp³-hybridized carbons (Fsp3) is 0.640. The number of carboxylic acid groups (broad SMARTS) is 1. The van der Waals surface area contributed by atoms with Crippen molar-refractivity contribution in [2.75, 3.05) is 6.54 Å². The van der Waals surface area contributed by atoms with Crippen molar-refractivity contribution >= 4 is 17.9 Å². The third-order valence-corrected chi connectivity index (χ3v) is 4.89. The van der Waals surface area contributed by atoms with Crippen LogP contribution in [0.5, 0.6) is 0 Å². The SMILES string of the molecule is CC(=O)O.CCCCCCCCCCCN=C1NC(=NCc2ccccc2)NC(C)(C)N1. The summed E-state index contributed by atoms with van der Waals surface area (Å²) in [6.45, 7) is 9.05. The van der Waals surface area contributed by atoms with Gasteiger partial charge in [0.05, 0.1) is 6.54 Å². The van der Waals surface area contributed by atoms with Crippen LogP contribution in [0, 0.1) is 0 Å². The molecule has 1 aromatic carbocycles. The molecule has 7 heteroatoms. The van der Waals surface area contributed by atoms with Crippen molar-refractivity contribution in [1.29, 1.82) is 0 Å². The van der Waals surface area contributed by atoms with E-state index in [0.29, 0.717) is 6.54 Å². The number of nitrogens with one attached hydrogen (secondary N) is 3. The lowest BCUT2D eigenvalue weighted by molar-refractivity contribution is -0.134. The van der Waals surface area contributed by atoms with E-state index in [0.717, 1.165) is 31.8 Å². The molecule has 0 atom stereocenters. The van der Waals surface area contributed by atoms with Gasteiger partial charge in [0.15, 0.2) is 11.9 Å². The molecule has 7 nitrogen and oxygen atoms in total. The van der Waals surface area contributed by atoms with Crippen molar-refractivity contribution in [2.24, 2.45) is 9.98 Å². The Morgan fingerprint density at radius 3 is 1.94 bits per heavy atom. The van der Waals surface area contributed by atoms with Crippen LogP contribution in [0.25, 0.3) is 0 Å². The standard InChI is InChI=1S/C23H39N5.C2H4O2/c1-4-5-6-7-8-9-10-11-15-18-24-21-26-22(28-23(2,3)27-21)25-19-20-16-13-12-14-17-20;1-2(3)4/h12-14,16-17H,4-11,15,18-19H2,1-3H3,(H3,24,25,26,27,28);1H3,(H,3,4). The quantitative estimate of drug-likeness (QED) is 0.338. The number of carbonyl (C=O) groups is 1. The summed E-state index contributed by atoms with van der Waals surface area (Å²) in [5.41, 5.74) is 0.932. The fourth-order valence-corrected chi connectivity index (χ4v) is 3.32. The molecular formula is C25H43N5O2. The third-order valence-electron chi connectivity index (χ3n) is 4.89. The van der Waals surface area contributed by atoms with E-state index >= 15 is 0 Å². The maximum absolute atomic E-state index is 9.00. The number of hydrogen-bond acceptors (Lipinski definition) is 3. The second-order valence-electron chi connectivity index (χ2n) is 8.73. The predicted molar refractivity (Wildman–Crippen MR) is 134 cm³/mol. The Kier molecular flexibility index (Phi) is 13.8. The Balaban J connectivity index is 0.00000118. The molecule has 0 aromatic heterocycles. The van der Waals surface area contributed by atoms with E-state index in [9.17, 15) is 0 Å². The minimum atomic E-state index is -0.833. The van der Waals surface area contributed by atoms with Crippen molar-refractivity contribution in [3.05, 3.63) is 35.9 Å². The van der Waals surface area contributed by atoms with Gasteiger partial charge in [0.1, 0.15) is 5.66 Å². The third kappa shape index (κ3) is 14.4. The minimum Gasteiger partial charge on any atom is -0.481 e. The van der Waals surface area contributed by atoms with E-state index in [1.807, 2.05) is 18.2 Å². The maximum atomic E-state index is 9.00. The van der Waals surface area contributed by atoms with Gasteiger partial charge in [-0.1, -0.05) is 88.6 Å². The molecular weight excluding hydrogens is 402 g/mol. The zero-order chi connectivity index (χ0) is 23.7. The lowest BCUT2D eigenvalue weighted by Crippen LogP contribution is -2.68. The van der Waals surface area contributed by atoms with Gasteiger partial charge in [-0.15, -0.1) is 0 Å². The van der Waals surface area contributed by atoms with Crippen LogP contribution in [0.15, 0.2) is 40.3 Å². The van der Waals surface area contributed by atoms with Crippen LogP contribution in [0.2, 0.25) is 0 Å². The summed E-state index contributed by atoms with van der Waals surface area (Å²) in [7, 11) is 0. The van der Waals surface area contributed by atoms with Crippen LogP contribution in [0.1, 0.15) is 91.0 Å². The number of hydrogen-bond donors (Lipinski definition) is 4. The smallest absolute Gasteiger partial charge is 0.300 e. The number of aliphatic carboxylic acids is 1. The zero-order valence-corrected chi connectivity index (χ0v) is 20.4. The summed E-state index contributed by atoms with van der Waals surface area (Å²) < 4.78 is 0. The molecule has 1 heterocycles. The van der Waals surface area contributed by atoms with Crippen LogP contribution >= 0.6 is 0 Å². The van der Waals surface area contributed by atoms with Gasteiger partial charge in [-0.25, -0.2) is 4.99 Å². The predicted octanol–water partition coefficient (Wildman–Crippen LogP) is 5.04. The van der Waals surface area contributed by atoms with Gasteiger partial charge >= 0.3 is 0 Å². The van der Waals surface area contributed by atoms with Crippen molar-refractivity contribution < 1.29 is 9.90 Å². The monoisotopic (exact) mass is 445 g/mol. The molecule has 4 N–H and O–H groups in total. The van der Waals surface area contributed by atoms with E-state index < -0.39 is 5.97 Å². The highest BCUT2D eigenvalue weighted by Gasteiger charge is 2.26. The molecule has 2 rings (SSSR count). The molecule has 0 bridgehead atoms. The molecule has 1 fully saturated rings. The first kappa shape index (κ1) is 27.5. The highest BCUT2D eigenvalue weighted by atomic mass is 16.4. The van der Waals surface area contributed by atoms with Gasteiger partial charge in [0, 0.05) is 13.5 Å². The number of benzene rings is 1. The average molecular weight is 446 g/mol. The van der Waals surface area contributed by atoms with Crippen LogP contribution in [-0.2, 0) is 11.3 Å². The second-order valence-corrected chi connectivity index (χ2v) is 8.73. The van der Waals surface area contributed by atoms with Crippen LogP contribution in [0.3, 0.4) is 0 Å². The fourth-order valence-electron chi connectivity index (χ4n) is 3.32. The molecule has 32 heavy (non-hydrogen) atoms. The van der Waals surface area contributed by atoms with E-state index in [4.69, 9.17) is 14.9 Å². The lowest BCUT2D eigenvalue weighted by Gasteiger charge is -2.36. The summed E-state index contributed by atoms with van der Waals surface area (Å²) in [5, 5.41) is 17.5. The van der Waals surface area contributed by atoms with Crippen LogP contribution in [-0.4, -0.2) is 35.2 Å². The molecule has 0 radical (unpaired) electrons. The number of rotatable bonds is 12. The van der Waals surface area contributed by atoms with E-state index in [1.54, 1.807) is 0 Å². The van der Waals surface area contributed by atoms with Gasteiger partial charge in [-0.05, 0) is 25.8 Å². The number of guanidine groups is 2. The van der Waals surface area contributed by atoms with Crippen molar-refractivity contribution in [3.8, 4) is 0 Å². The molecule has 1 aliphatic heterocycles. The Hall–Kier alpha value is -2.57. The molecule has 0 aliphatic carbocycles. The van der Waals surface area contributed by atoms with E-state index in [2.05, 4.69) is 53.8 Å². The summed E-state index contributed by atoms with van der Waals surface area (Å²) >= 11 is 0. The van der Waals surface area contributed by atoms with Crippen LogP contribution in [0.4, 0.5) is 0 Å². The summed E-state index contributed by atoms with van der Waals surface area (Å²) in [4.78, 5) is 18.4. The van der Waals surface area contributed by atoms with Gasteiger partial charge in [-0.3, -0.25) is 15.1 Å². The molecule has 1 aromatic rings. The summed E-state index contributed by atoms with van der Waals surface area (Å²) in [6, 6.07) is 10.3. The Morgan fingerprint density at radius 2 is 1.38 bits per heavy atom. The first-order valence-electron chi connectivity index (χ1n) is 12.0. The summed E-state index contributed by atoms with van der Waals surface area (Å²) in [5.74, 6) is 0.758. The Morgan fingerprint density at radius 1 is 0.875 bits per heavy atom. The normalized spacial score (nSPS) is 17.0. The molecule has 0 saturated carbocycles. The van der Waals surface area contributed by atoms with Gasteiger partial charge in [-0.2, -0.15) is 0 Å². The van der Waals surface area contributed by atoms with Crippen LogP contribution < -0.4 is 16.0 Å². The molecule has 0 amide bonds. The molecule has 0 spiro atoms. The average Bonchev–Trinajstić information content (AvgIpc) is 2.73. The Bertz CT molecular complexity index is 698. The van der Waals surface area contributed by atoms with Gasteiger partial charge in [0.2, 0.25) is 0 Å².